The molecule has 4 nitrogen and oxygen atoms in total. The van der Waals surface area contributed by atoms with Gasteiger partial charge in [-0.2, -0.15) is 0 Å². The van der Waals surface area contributed by atoms with Crippen LogP contribution in [0.1, 0.15) is 38.7 Å². The first kappa shape index (κ1) is 18.1. The number of nitrogens with zero attached hydrogens (tertiary/aromatic N) is 2. The third-order valence-electron chi connectivity index (χ3n) is 4.86. The molecule has 1 aliphatic heterocycles. The molecule has 1 heterocycles. The van der Waals surface area contributed by atoms with Crippen molar-refractivity contribution in [1.82, 2.24) is 10.2 Å². The summed E-state index contributed by atoms with van der Waals surface area (Å²) in [6.45, 7) is 12.3. The maximum Gasteiger partial charge on any atom is 0.0600 e. The third kappa shape index (κ3) is 5.70. The van der Waals surface area contributed by atoms with Gasteiger partial charge in [-0.05, 0) is 63.0 Å². The molecule has 0 bridgehead atoms. The van der Waals surface area contributed by atoms with E-state index in [4.69, 9.17) is 5.73 Å². The smallest absolute Gasteiger partial charge is 0.0600 e. The van der Waals surface area contributed by atoms with Crippen molar-refractivity contribution in [3.63, 3.8) is 0 Å². The molecule has 0 saturated carbocycles. The van der Waals surface area contributed by atoms with E-state index in [-0.39, 0.29) is 0 Å². The van der Waals surface area contributed by atoms with Crippen molar-refractivity contribution in [3.05, 3.63) is 23.8 Å². The van der Waals surface area contributed by atoms with Crippen molar-refractivity contribution in [2.45, 2.75) is 39.5 Å². The second-order valence-electron chi connectivity index (χ2n) is 6.47. The molecule has 23 heavy (non-hydrogen) atoms. The highest BCUT2D eigenvalue weighted by molar-refractivity contribution is 5.68. The van der Waals surface area contributed by atoms with Gasteiger partial charge >= 0.3 is 0 Å². The zero-order chi connectivity index (χ0) is 16.5. The zero-order valence-corrected chi connectivity index (χ0v) is 15.0. The molecule has 1 fully saturated rings. The number of anilines is 2. The van der Waals surface area contributed by atoms with Gasteiger partial charge in [0, 0.05) is 26.2 Å². The van der Waals surface area contributed by atoms with Crippen LogP contribution >= 0.6 is 0 Å². The van der Waals surface area contributed by atoms with Gasteiger partial charge in [0.15, 0.2) is 0 Å². The SMILES string of the molecule is CCN(CC)CCNCCCc1ccc(N2CCCC2)c(N)c1. The Balaban J connectivity index is 1.67. The second kappa shape index (κ2) is 9.78. The number of rotatable bonds is 10. The Morgan fingerprint density at radius 3 is 2.52 bits per heavy atom. The fraction of sp³-hybridized carbons (Fsp3) is 0.684. The highest BCUT2D eigenvalue weighted by atomic mass is 15.2. The topological polar surface area (TPSA) is 44.5 Å². The predicted molar refractivity (Wildman–Crippen MR) is 101 cm³/mol. The lowest BCUT2D eigenvalue weighted by molar-refractivity contribution is 0.302. The molecule has 0 aromatic heterocycles. The van der Waals surface area contributed by atoms with Crippen LogP contribution in [0.2, 0.25) is 0 Å². The first-order valence-corrected chi connectivity index (χ1v) is 9.31. The average Bonchev–Trinajstić information content (AvgIpc) is 3.08. The first-order chi connectivity index (χ1) is 11.2. The summed E-state index contributed by atoms with van der Waals surface area (Å²) < 4.78 is 0. The van der Waals surface area contributed by atoms with Gasteiger partial charge in [-0.3, -0.25) is 0 Å². The highest BCUT2D eigenvalue weighted by Gasteiger charge is 2.14. The van der Waals surface area contributed by atoms with Crippen LogP contribution in [-0.4, -0.2) is 50.7 Å². The van der Waals surface area contributed by atoms with Crippen molar-refractivity contribution in [2.24, 2.45) is 0 Å². The molecule has 1 aromatic carbocycles. The number of aryl methyl sites for hydroxylation is 1. The number of nitrogens with one attached hydrogen (secondary N) is 1. The molecule has 0 atom stereocenters. The summed E-state index contributed by atoms with van der Waals surface area (Å²) in [7, 11) is 0. The summed E-state index contributed by atoms with van der Waals surface area (Å²) in [5.41, 5.74) is 9.78. The summed E-state index contributed by atoms with van der Waals surface area (Å²) in [6, 6.07) is 6.63. The lowest BCUT2D eigenvalue weighted by Gasteiger charge is -2.20. The summed E-state index contributed by atoms with van der Waals surface area (Å²) in [5.74, 6) is 0. The van der Waals surface area contributed by atoms with E-state index in [2.05, 4.69) is 47.2 Å². The minimum absolute atomic E-state index is 0.943. The van der Waals surface area contributed by atoms with E-state index in [1.54, 1.807) is 0 Å². The molecule has 0 unspecified atom stereocenters. The van der Waals surface area contributed by atoms with Gasteiger partial charge in [-0.1, -0.05) is 19.9 Å². The van der Waals surface area contributed by atoms with Crippen LogP contribution in [-0.2, 0) is 6.42 Å². The van der Waals surface area contributed by atoms with Crippen molar-refractivity contribution in [1.29, 1.82) is 0 Å². The van der Waals surface area contributed by atoms with Crippen LogP contribution in [0.25, 0.3) is 0 Å². The summed E-state index contributed by atoms with van der Waals surface area (Å²) in [5, 5.41) is 3.54. The van der Waals surface area contributed by atoms with Gasteiger partial charge < -0.3 is 20.9 Å². The minimum Gasteiger partial charge on any atom is -0.397 e. The molecule has 4 heteroatoms. The van der Waals surface area contributed by atoms with Crippen LogP contribution in [0.4, 0.5) is 11.4 Å². The predicted octanol–water partition coefficient (Wildman–Crippen LogP) is 2.73. The number of likely N-dealkylation sites (N-methyl/N-ethyl adjacent to an activating group) is 1. The lowest BCUT2D eigenvalue weighted by Crippen LogP contribution is -2.32. The molecule has 1 aliphatic rings. The molecule has 2 rings (SSSR count). The Hall–Kier alpha value is -1.26. The quantitative estimate of drug-likeness (QED) is 0.514. The number of hydrogen-bond acceptors (Lipinski definition) is 4. The van der Waals surface area contributed by atoms with Crippen LogP contribution in [0.5, 0.6) is 0 Å². The summed E-state index contributed by atoms with van der Waals surface area (Å²) >= 11 is 0. The van der Waals surface area contributed by atoms with E-state index >= 15 is 0 Å². The Morgan fingerprint density at radius 1 is 1.13 bits per heavy atom. The maximum atomic E-state index is 6.25. The molecule has 0 aliphatic carbocycles. The van der Waals surface area contributed by atoms with E-state index in [1.807, 2.05) is 0 Å². The molecule has 0 spiro atoms. The van der Waals surface area contributed by atoms with Crippen LogP contribution in [0, 0.1) is 0 Å². The lowest BCUT2D eigenvalue weighted by atomic mass is 10.1. The van der Waals surface area contributed by atoms with Crippen LogP contribution < -0.4 is 16.0 Å². The van der Waals surface area contributed by atoms with Crippen LogP contribution in [0.15, 0.2) is 18.2 Å². The Morgan fingerprint density at radius 2 is 1.87 bits per heavy atom. The van der Waals surface area contributed by atoms with E-state index in [0.717, 1.165) is 57.9 Å². The Labute approximate surface area is 142 Å². The first-order valence-electron chi connectivity index (χ1n) is 9.31. The van der Waals surface area contributed by atoms with Gasteiger partial charge in [0.2, 0.25) is 0 Å². The molecular weight excluding hydrogens is 284 g/mol. The third-order valence-corrected chi connectivity index (χ3v) is 4.86. The summed E-state index contributed by atoms with van der Waals surface area (Å²) in [6.07, 6.45) is 4.85. The van der Waals surface area contributed by atoms with Gasteiger partial charge in [0.05, 0.1) is 11.4 Å². The van der Waals surface area contributed by atoms with E-state index < -0.39 is 0 Å². The fourth-order valence-electron chi connectivity index (χ4n) is 3.33. The fourth-order valence-corrected chi connectivity index (χ4v) is 3.33. The normalized spacial score (nSPS) is 14.8. The molecular formula is C19H34N4. The number of benzene rings is 1. The van der Waals surface area contributed by atoms with Crippen LogP contribution in [0.3, 0.4) is 0 Å². The minimum atomic E-state index is 0.943. The van der Waals surface area contributed by atoms with Crippen molar-refractivity contribution in [3.8, 4) is 0 Å². The number of hydrogen-bond donors (Lipinski definition) is 2. The monoisotopic (exact) mass is 318 g/mol. The van der Waals surface area contributed by atoms with Gasteiger partial charge in [-0.25, -0.2) is 0 Å². The summed E-state index contributed by atoms with van der Waals surface area (Å²) in [4.78, 5) is 4.86. The molecule has 3 N–H and O–H groups in total. The van der Waals surface area contributed by atoms with Gasteiger partial charge in [0.1, 0.15) is 0 Å². The Kier molecular flexibility index (Phi) is 7.69. The van der Waals surface area contributed by atoms with E-state index in [9.17, 15) is 0 Å². The van der Waals surface area contributed by atoms with E-state index in [0.29, 0.717) is 0 Å². The second-order valence-corrected chi connectivity index (χ2v) is 6.47. The number of nitrogen functional groups attached to an aromatic ring is 1. The molecule has 1 aromatic rings. The molecule has 130 valence electrons. The largest absolute Gasteiger partial charge is 0.397 e. The van der Waals surface area contributed by atoms with Gasteiger partial charge in [0.25, 0.3) is 0 Å². The molecule has 1 saturated heterocycles. The molecule has 0 amide bonds. The molecule has 0 radical (unpaired) electrons. The Bertz CT molecular complexity index is 451. The van der Waals surface area contributed by atoms with Crippen molar-refractivity contribution in [2.75, 3.05) is 56.4 Å². The van der Waals surface area contributed by atoms with Crippen molar-refractivity contribution >= 4 is 11.4 Å². The van der Waals surface area contributed by atoms with E-state index in [1.165, 1.54) is 30.5 Å². The van der Waals surface area contributed by atoms with Gasteiger partial charge in [-0.15, -0.1) is 0 Å². The highest BCUT2D eigenvalue weighted by Crippen LogP contribution is 2.27. The standard InChI is InChI=1S/C19H34N4/c1-3-22(4-2)15-12-21-11-7-8-17-9-10-19(18(20)16-17)23-13-5-6-14-23/h9-10,16,21H,3-8,11-15,20H2,1-2H3. The average molecular weight is 319 g/mol. The maximum absolute atomic E-state index is 6.25. The zero-order valence-electron chi connectivity index (χ0n) is 15.0. The van der Waals surface area contributed by atoms with Crippen molar-refractivity contribution < 1.29 is 0 Å². The number of nitrogens with two attached hydrogens (primary N) is 1.